The van der Waals surface area contributed by atoms with E-state index in [0.717, 1.165) is 16.2 Å². The van der Waals surface area contributed by atoms with Gasteiger partial charge in [0.05, 0.1) is 5.52 Å². The first kappa shape index (κ1) is 9.10. The van der Waals surface area contributed by atoms with Crippen LogP contribution in [-0.4, -0.2) is 15.9 Å². The van der Waals surface area contributed by atoms with E-state index in [4.69, 9.17) is 5.26 Å². The molecule has 0 aliphatic carbocycles. The van der Waals surface area contributed by atoms with Crippen LogP contribution in [0.25, 0.3) is 5.52 Å². The maximum Gasteiger partial charge on any atom is 0.137 e. The predicted molar refractivity (Wildman–Crippen MR) is 56.4 cm³/mol. The van der Waals surface area contributed by atoms with E-state index in [1.54, 1.807) is 0 Å². The zero-order chi connectivity index (χ0) is 10.1. The monoisotopic (exact) mass is 203 g/mol. The van der Waals surface area contributed by atoms with Gasteiger partial charge in [-0.05, 0) is 25.3 Å². The second kappa shape index (κ2) is 3.35. The maximum absolute atomic E-state index is 9.01. The fourth-order valence-electron chi connectivity index (χ4n) is 1.43. The first-order valence-corrected chi connectivity index (χ1v) is 5.43. The van der Waals surface area contributed by atoms with Crippen molar-refractivity contribution in [2.45, 2.75) is 11.9 Å². The summed E-state index contributed by atoms with van der Waals surface area (Å²) in [5.41, 5.74) is 2.59. The highest BCUT2D eigenvalue weighted by Crippen LogP contribution is 2.23. The number of rotatable bonds is 1. The van der Waals surface area contributed by atoms with Gasteiger partial charge < -0.3 is 0 Å². The summed E-state index contributed by atoms with van der Waals surface area (Å²) in [5.74, 6) is 0. The van der Waals surface area contributed by atoms with Crippen molar-refractivity contribution in [2.75, 3.05) is 6.26 Å². The molecule has 0 fully saturated rings. The minimum Gasteiger partial charge on any atom is -0.236 e. The van der Waals surface area contributed by atoms with Crippen molar-refractivity contribution in [3.05, 3.63) is 29.5 Å². The molecule has 0 aliphatic heterocycles. The Morgan fingerprint density at radius 3 is 2.93 bits per heavy atom. The van der Waals surface area contributed by atoms with E-state index in [2.05, 4.69) is 11.2 Å². The molecule has 0 atom stereocenters. The van der Waals surface area contributed by atoms with E-state index in [9.17, 15) is 0 Å². The molecule has 2 rings (SSSR count). The van der Waals surface area contributed by atoms with Crippen LogP contribution in [0.1, 0.15) is 11.3 Å². The number of pyridine rings is 1. The van der Waals surface area contributed by atoms with Crippen LogP contribution in [0.3, 0.4) is 0 Å². The van der Waals surface area contributed by atoms with Crippen molar-refractivity contribution in [3.8, 4) is 6.07 Å². The Bertz CT molecular complexity index is 522. The largest absolute Gasteiger partial charge is 0.236 e. The Morgan fingerprint density at radius 2 is 2.29 bits per heavy atom. The molecule has 4 heteroatoms. The number of aromatic nitrogens is 2. The second-order valence-corrected chi connectivity index (χ2v) is 3.76. The molecule has 0 saturated heterocycles. The lowest BCUT2D eigenvalue weighted by molar-refractivity contribution is 0.866. The lowest BCUT2D eigenvalue weighted by Crippen LogP contribution is -1.91. The van der Waals surface area contributed by atoms with Crippen LogP contribution in [0.4, 0.5) is 0 Å². The minimum absolute atomic E-state index is 0.668. The first-order valence-electron chi connectivity index (χ1n) is 4.20. The van der Waals surface area contributed by atoms with E-state index in [1.165, 1.54) is 11.8 Å². The molecule has 0 aliphatic rings. The maximum atomic E-state index is 9.01. The molecule has 0 spiro atoms. The number of nitrogens with zero attached hydrogens (tertiary/aromatic N) is 3. The first-order chi connectivity index (χ1) is 6.77. The molecule has 0 saturated carbocycles. The van der Waals surface area contributed by atoms with Gasteiger partial charge in [0.1, 0.15) is 16.7 Å². The lowest BCUT2D eigenvalue weighted by Gasteiger charge is -1.95. The molecule has 0 unspecified atom stereocenters. The summed E-state index contributed by atoms with van der Waals surface area (Å²) >= 11 is 1.50. The fourth-order valence-corrected chi connectivity index (χ4v) is 1.95. The number of fused-ring (bicyclic) bond motifs is 1. The topological polar surface area (TPSA) is 41.1 Å². The van der Waals surface area contributed by atoms with E-state index < -0.39 is 0 Å². The van der Waals surface area contributed by atoms with Crippen molar-refractivity contribution in [2.24, 2.45) is 0 Å². The van der Waals surface area contributed by atoms with Gasteiger partial charge in [0, 0.05) is 5.69 Å². The van der Waals surface area contributed by atoms with Crippen molar-refractivity contribution < 1.29 is 0 Å². The van der Waals surface area contributed by atoms with E-state index >= 15 is 0 Å². The van der Waals surface area contributed by atoms with Gasteiger partial charge in [-0.25, -0.2) is 4.52 Å². The number of hydrogen-bond acceptors (Lipinski definition) is 3. The molecular weight excluding hydrogens is 194 g/mol. The zero-order valence-electron chi connectivity index (χ0n) is 7.98. The Balaban J connectivity index is 2.88. The van der Waals surface area contributed by atoms with Crippen molar-refractivity contribution in [1.82, 2.24) is 9.61 Å². The summed E-state index contributed by atoms with van der Waals surface area (Å²) in [4.78, 5) is 0. The summed E-state index contributed by atoms with van der Waals surface area (Å²) in [6, 6.07) is 8.03. The molecule has 14 heavy (non-hydrogen) atoms. The van der Waals surface area contributed by atoms with Crippen molar-refractivity contribution in [1.29, 1.82) is 5.26 Å². The molecular formula is C10H9N3S. The smallest absolute Gasteiger partial charge is 0.137 e. The number of hydrogen-bond donors (Lipinski definition) is 0. The summed E-state index contributed by atoms with van der Waals surface area (Å²) in [6.07, 6.45) is 1.93. The summed E-state index contributed by atoms with van der Waals surface area (Å²) in [6.45, 7) is 1.98. The van der Waals surface area contributed by atoms with E-state index in [-0.39, 0.29) is 0 Å². The quantitative estimate of drug-likeness (QED) is 0.667. The van der Waals surface area contributed by atoms with Gasteiger partial charge in [-0.15, -0.1) is 11.8 Å². The third-order valence-corrected chi connectivity index (χ3v) is 2.79. The lowest BCUT2D eigenvalue weighted by atomic mass is 10.2. The summed E-state index contributed by atoms with van der Waals surface area (Å²) in [7, 11) is 0. The number of aryl methyl sites for hydroxylation is 1. The van der Waals surface area contributed by atoms with Crippen LogP contribution in [0.15, 0.2) is 23.2 Å². The van der Waals surface area contributed by atoms with Gasteiger partial charge in [0.2, 0.25) is 0 Å². The van der Waals surface area contributed by atoms with Crippen molar-refractivity contribution >= 4 is 17.3 Å². The van der Waals surface area contributed by atoms with Gasteiger partial charge >= 0.3 is 0 Å². The number of nitriles is 1. The number of thioether (sulfide) groups is 1. The van der Waals surface area contributed by atoms with Crippen molar-refractivity contribution in [3.63, 3.8) is 0 Å². The molecule has 70 valence electrons. The highest BCUT2D eigenvalue weighted by Gasteiger charge is 2.11. The molecule has 2 heterocycles. The Hall–Kier alpha value is -1.47. The third-order valence-electron chi connectivity index (χ3n) is 2.12. The summed E-state index contributed by atoms with van der Waals surface area (Å²) in [5, 5.41) is 14.2. The predicted octanol–water partition coefficient (Wildman–Crippen LogP) is 2.24. The normalized spacial score (nSPS) is 10.4. The van der Waals surface area contributed by atoms with Gasteiger partial charge in [-0.2, -0.15) is 10.4 Å². The third kappa shape index (κ3) is 1.17. The standard InChI is InChI=1S/C10H9N3S/c1-7-4-3-5-9-8(6-11)10(14-2)12-13(7)9/h3-5H,1-2H3. The van der Waals surface area contributed by atoms with Crippen LogP contribution < -0.4 is 0 Å². The van der Waals surface area contributed by atoms with Gasteiger partial charge in [-0.1, -0.05) is 6.07 Å². The van der Waals surface area contributed by atoms with E-state index in [1.807, 2.05) is 35.9 Å². The van der Waals surface area contributed by atoms with Crippen LogP contribution in [0, 0.1) is 18.3 Å². The van der Waals surface area contributed by atoms with Crippen LogP contribution in [0.2, 0.25) is 0 Å². The van der Waals surface area contributed by atoms with Crippen LogP contribution in [-0.2, 0) is 0 Å². The molecule has 0 bridgehead atoms. The molecule has 0 N–H and O–H groups in total. The molecule has 0 radical (unpaired) electrons. The molecule has 0 amide bonds. The van der Waals surface area contributed by atoms with Crippen LogP contribution >= 0.6 is 11.8 Å². The zero-order valence-corrected chi connectivity index (χ0v) is 8.80. The Kier molecular flexibility index (Phi) is 2.18. The molecule has 0 aromatic carbocycles. The second-order valence-electron chi connectivity index (χ2n) is 2.96. The molecule has 2 aromatic heterocycles. The molecule has 2 aromatic rings. The Labute approximate surface area is 86.3 Å². The van der Waals surface area contributed by atoms with Gasteiger partial charge in [-0.3, -0.25) is 0 Å². The molecule has 3 nitrogen and oxygen atoms in total. The highest BCUT2D eigenvalue weighted by atomic mass is 32.2. The summed E-state index contributed by atoms with van der Waals surface area (Å²) < 4.78 is 1.81. The van der Waals surface area contributed by atoms with Gasteiger partial charge in [0.15, 0.2) is 0 Å². The van der Waals surface area contributed by atoms with Gasteiger partial charge in [0.25, 0.3) is 0 Å². The average molecular weight is 203 g/mol. The van der Waals surface area contributed by atoms with E-state index in [0.29, 0.717) is 5.56 Å². The SMILES string of the molecule is CSc1nn2c(C)cccc2c1C#N. The Morgan fingerprint density at radius 1 is 1.50 bits per heavy atom. The average Bonchev–Trinajstić information content (AvgIpc) is 2.57. The minimum atomic E-state index is 0.668. The van der Waals surface area contributed by atoms with Crippen LogP contribution in [0.5, 0.6) is 0 Å². The highest BCUT2D eigenvalue weighted by molar-refractivity contribution is 7.98. The fraction of sp³-hybridized carbons (Fsp3) is 0.200.